The lowest BCUT2D eigenvalue weighted by Gasteiger charge is -2.13. The van der Waals surface area contributed by atoms with Gasteiger partial charge in [-0.15, -0.1) is 0 Å². The van der Waals surface area contributed by atoms with Crippen LogP contribution in [0.25, 0.3) is 0 Å². The molecule has 116 valence electrons. The summed E-state index contributed by atoms with van der Waals surface area (Å²) in [6.07, 6.45) is 0.683. The van der Waals surface area contributed by atoms with Gasteiger partial charge in [0, 0.05) is 19.8 Å². The monoisotopic (exact) mass is 290 g/mol. The number of esters is 2. The maximum absolute atomic E-state index is 11.4. The second kappa shape index (κ2) is 11.1. The molecule has 0 heterocycles. The van der Waals surface area contributed by atoms with E-state index in [1.165, 1.54) is 14.0 Å². The van der Waals surface area contributed by atoms with Gasteiger partial charge in [0.15, 0.2) is 0 Å². The van der Waals surface area contributed by atoms with E-state index < -0.39 is 18.4 Å². The summed E-state index contributed by atoms with van der Waals surface area (Å²) >= 11 is 0. The number of unbranched alkanes of at least 4 members (excludes halogenated alkanes) is 2. The van der Waals surface area contributed by atoms with Gasteiger partial charge in [-0.25, -0.2) is 4.79 Å². The van der Waals surface area contributed by atoms with Crippen LogP contribution in [0.5, 0.6) is 0 Å². The van der Waals surface area contributed by atoms with Crippen LogP contribution in [0.4, 0.5) is 4.79 Å². The second-order valence-electron chi connectivity index (χ2n) is 4.00. The molecule has 7 nitrogen and oxygen atoms in total. The fourth-order valence-electron chi connectivity index (χ4n) is 1.37. The van der Waals surface area contributed by atoms with Gasteiger partial charge in [-0.2, -0.15) is 0 Å². The van der Waals surface area contributed by atoms with Crippen LogP contribution in [0.3, 0.4) is 0 Å². The van der Waals surface area contributed by atoms with Crippen LogP contribution in [0.1, 0.15) is 46.0 Å². The van der Waals surface area contributed by atoms with Gasteiger partial charge in [0.05, 0.1) is 13.7 Å². The molecule has 0 fully saturated rings. The first-order valence-corrected chi connectivity index (χ1v) is 6.59. The van der Waals surface area contributed by atoms with Gasteiger partial charge in [0.25, 0.3) is 0 Å². The van der Waals surface area contributed by atoms with Gasteiger partial charge in [-0.1, -0.05) is 6.42 Å². The summed E-state index contributed by atoms with van der Waals surface area (Å²) in [5.41, 5.74) is 0. The number of hydrogen-bond acceptors (Lipinski definition) is 7. The van der Waals surface area contributed by atoms with Crippen molar-refractivity contribution >= 4 is 18.1 Å². The highest BCUT2D eigenvalue weighted by atomic mass is 16.8. The number of rotatable bonds is 9. The van der Waals surface area contributed by atoms with Crippen LogP contribution in [0.15, 0.2) is 0 Å². The summed E-state index contributed by atoms with van der Waals surface area (Å²) in [5.74, 6) is -0.719. The van der Waals surface area contributed by atoms with E-state index in [4.69, 9.17) is 4.74 Å². The number of carbonyl (C=O) groups excluding carboxylic acids is 3. The molecule has 0 spiro atoms. The SMILES string of the molecule is CCOC(=O)OC(C)OC(=O)CCCCCC(=O)OC. The lowest BCUT2D eigenvalue weighted by Crippen LogP contribution is -2.22. The van der Waals surface area contributed by atoms with Gasteiger partial charge in [-0.05, 0) is 19.8 Å². The Hall–Kier alpha value is -1.79. The van der Waals surface area contributed by atoms with Crippen LogP contribution >= 0.6 is 0 Å². The molecule has 0 saturated carbocycles. The summed E-state index contributed by atoms with van der Waals surface area (Å²) in [4.78, 5) is 33.2. The molecule has 0 aliphatic rings. The van der Waals surface area contributed by atoms with Crippen molar-refractivity contribution in [2.45, 2.75) is 52.2 Å². The maximum Gasteiger partial charge on any atom is 0.511 e. The zero-order valence-corrected chi connectivity index (χ0v) is 12.2. The van der Waals surface area contributed by atoms with Crippen LogP contribution in [-0.2, 0) is 28.5 Å². The van der Waals surface area contributed by atoms with E-state index in [-0.39, 0.29) is 19.0 Å². The van der Waals surface area contributed by atoms with Crippen LogP contribution in [-0.4, -0.2) is 38.1 Å². The zero-order valence-electron chi connectivity index (χ0n) is 12.2. The molecule has 0 aromatic heterocycles. The van der Waals surface area contributed by atoms with Crippen molar-refractivity contribution < 1.29 is 33.3 Å². The summed E-state index contributed by atoms with van der Waals surface area (Å²) in [7, 11) is 1.34. The van der Waals surface area contributed by atoms with Crippen molar-refractivity contribution in [3.05, 3.63) is 0 Å². The molecule has 0 aromatic carbocycles. The van der Waals surface area contributed by atoms with Gasteiger partial charge in [0.2, 0.25) is 6.29 Å². The Bertz CT molecular complexity index is 314. The van der Waals surface area contributed by atoms with Crippen molar-refractivity contribution in [3.8, 4) is 0 Å². The molecule has 0 amide bonds. The van der Waals surface area contributed by atoms with Crippen LogP contribution in [0.2, 0.25) is 0 Å². The van der Waals surface area contributed by atoms with Crippen molar-refractivity contribution in [2.24, 2.45) is 0 Å². The molecule has 1 unspecified atom stereocenters. The molecule has 0 bridgehead atoms. The first kappa shape index (κ1) is 18.2. The number of methoxy groups -OCH3 is 1. The van der Waals surface area contributed by atoms with E-state index >= 15 is 0 Å². The van der Waals surface area contributed by atoms with Crippen molar-refractivity contribution in [3.63, 3.8) is 0 Å². The molecule has 20 heavy (non-hydrogen) atoms. The zero-order chi connectivity index (χ0) is 15.4. The van der Waals surface area contributed by atoms with E-state index in [9.17, 15) is 14.4 Å². The Morgan fingerprint density at radius 2 is 1.55 bits per heavy atom. The Kier molecular flexibility index (Phi) is 10.1. The first-order valence-electron chi connectivity index (χ1n) is 6.59. The van der Waals surface area contributed by atoms with Crippen molar-refractivity contribution in [1.82, 2.24) is 0 Å². The van der Waals surface area contributed by atoms with E-state index in [1.54, 1.807) is 6.92 Å². The third-order valence-electron chi connectivity index (χ3n) is 2.31. The summed E-state index contributed by atoms with van der Waals surface area (Å²) in [6, 6.07) is 0. The van der Waals surface area contributed by atoms with Crippen LogP contribution in [0, 0.1) is 0 Å². The minimum Gasteiger partial charge on any atom is -0.469 e. The maximum atomic E-state index is 11.4. The molecule has 1 atom stereocenters. The van der Waals surface area contributed by atoms with E-state index in [1.807, 2.05) is 0 Å². The summed E-state index contributed by atoms with van der Waals surface area (Å²) < 4.78 is 18.6. The molecule has 0 N–H and O–H groups in total. The molecular formula is C13H22O7. The molecule has 0 rings (SSSR count). The Morgan fingerprint density at radius 1 is 0.950 bits per heavy atom. The third kappa shape index (κ3) is 10.2. The molecular weight excluding hydrogens is 268 g/mol. The summed E-state index contributed by atoms with van der Waals surface area (Å²) in [5, 5.41) is 0. The van der Waals surface area contributed by atoms with Crippen molar-refractivity contribution in [1.29, 1.82) is 0 Å². The highest BCUT2D eigenvalue weighted by Gasteiger charge is 2.14. The van der Waals surface area contributed by atoms with Gasteiger partial charge in [-0.3, -0.25) is 9.59 Å². The summed E-state index contributed by atoms with van der Waals surface area (Å²) in [6.45, 7) is 3.28. The van der Waals surface area contributed by atoms with Crippen LogP contribution < -0.4 is 0 Å². The number of hydrogen-bond donors (Lipinski definition) is 0. The Morgan fingerprint density at radius 3 is 2.10 bits per heavy atom. The minimum absolute atomic E-state index is 0.194. The van der Waals surface area contributed by atoms with E-state index in [2.05, 4.69) is 14.2 Å². The quantitative estimate of drug-likeness (QED) is 0.278. The van der Waals surface area contributed by atoms with Crippen molar-refractivity contribution in [2.75, 3.05) is 13.7 Å². The first-order chi connectivity index (χ1) is 9.49. The Labute approximate surface area is 118 Å². The third-order valence-corrected chi connectivity index (χ3v) is 2.31. The largest absolute Gasteiger partial charge is 0.511 e. The number of ether oxygens (including phenoxy) is 4. The second-order valence-corrected chi connectivity index (χ2v) is 4.00. The molecule has 0 radical (unpaired) electrons. The predicted octanol–water partition coefficient (Wildman–Crippen LogP) is 2.17. The highest BCUT2D eigenvalue weighted by molar-refractivity contribution is 5.70. The average molecular weight is 290 g/mol. The minimum atomic E-state index is -0.975. The van der Waals surface area contributed by atoms with E-state index in [0.29, 0.717) is 19.3 Å². The normalized spacial score (nSPS) is 11.3. The smallest absolute Gasteiger partial charge is 0.469 e. The van der Waals surface area contributed by atoms with Gasteiger partial charge >= 0.3 is 18.1 Å². The Balaban J connectivity index is 3.62. The lowest BCUT2D eigenvalue weighted by atomic mass is 10.1. The average Bonchev–Trinajstić information content (AvgIpc) is 2.37. The van der Waals surface area contributed by atoms with Gasteiger partial charge < -0.3 is 18.9 Å². The van der Waals surface area contributed by atoms with Gasteiger partial charge in [0.1, 0.15) is 0 Å². The van der Waals surface area contributed by atoms with E-state index in [0.717, 1.165) is 6.42 Å². The predicted molar refractivity (Wildman–Crippen MR) is 68.8 cm³/mol. The molecule has 0 saturated heterocycles. The molecule has 7 heteroatoms. The fraction of sp³-hybridized carbons (Fsp3) is 0.769. The molecule has 0 aliphatic heterocycles. The fourth-order valence-corrected chi connectivity index (χ4v) is 1.37. The lowest BCUT2D eigenvalue weighted by molar-refractivity contribution is -0.168. The standard InChI is InChI=1S/C13H22O7/c1-4-18-13(16)20-10(2)19-12(15)9-7-5-6-8-11(14)17-3/h10H,4-9H2,1-3H3. The number of carbonyl (C=O) groups is 3. The molecule has 0 aliphatic carbocycles. The molecule has 0 aromatic rings. The topological polar surface area (TPSA) is 88.1 Å². The highest BCUT2D eigenvalue weighted by Crippen LogP contribution is 2.06.